The van der Waals surface area contributed by atoms with Gasteiger partial charge < -0.3 is 0 Å². The van der Waals surface area contributed by atoms with E-state index in [0.717, 1.165) is 47.5 Å². The van der Waals surface area contributed by atoms with E-state index in [-0.39, 0.29) is 14.9 Å². The molecule has 4 heteroatoms. The van der Waals surface area contributed by atoms with E-state index in [9.17, 15) is 0 Å². The van der Waals surface area contributed by atoms with E-state index in [2.05, 4.69) is 146 Å². The van der Waals surface area contributed by atoms with E-state index in [4.69, 9.17) is 23.2 Å². The van der Waals surface area contributed by atoms with Crippen molar-refractivity contribution in [3.63, 3.8) is 0 Å². The molecule has 0 radical (unpaired) electrons. The highest BCUT2D eigenvalue weighted by Gasteiger charge is 2.45. The van der Waals surface area contributed by atoms with E-state index in [1.54, 1.807) is 0 Å². The van der Waals surface area contributed by atoms with Gasteiger partial charge in [0.15, 0.2) is 0 Å². The zero-order chi connectivity index (χ0) is 31.7. The van der Waals surface area contributed by atoms with Crippen LogP contribution in [0.2, 0.25) is 10.0 Å². The molecule has 246 valence electrons. The third-order valence-corrected chi connectivity index (χ3v) is 18.7. The normalized spacial score (nSPS) is 11.3. The molecule has 0 nitrogen and oxygen atoms in total. The second kappa shape index (κ2) is 18.0. The van der Waals surface area contributed by atoms with Gasteiger partial charge in [0.05, 0.1) is 60.4 Å². The van der Waals surface area contributed by atoms with Crippen LogP contribution in [0.3, 0.4) is 0 Å². The maximum absolute atomic E-state index is 6.33. The summed E-state index contributed by atoms with van der Waals surface area (Å²) in [6, 6.07) is 62.2. The van der Waals surface area contributed by atoms with Crippen molar-refractivity contribution < 1.29 is 0 Å². The smallest absolute Gasteiger partial charge is 0.0843 e. The molecule has 0 spiro atoms. The fourth-order valence-corrected chi connectivity index (χ4v) is 15.9. The first-order valence-corrected chi connectivity index (χ1v) is 21.1. The van der Waals surface area contributed by atoms with Crippen LogP contribution in [0.4, 0.5) is 0 Å². The summed E-state index contributed by atoms with van der Waals surface area (Å²) in [5, 5.41) is 7.48. The molecule has 6 rings (SSSR count). The van der Waals surface area contributed by atoms with Crippen LogP contribution in [-0.2, 0) is 12.3 Å². The van der Waals surface area contributed by atoms with Crippen molar-refractivity contribution in [2.24, 2.45) is 0 Å². The number of halogens is 2. The van der Waals surface area contributed by atoms with E-state index < -0.39 is 14.5 Å². The van der Waals surface area contributed by atoms with E-state index >= 15 is 0 Å². The maximum atomic E-state index is 6.33. The Morgan fingerprint density at radius 3 is 0.833 bits per heavy atom. The van der Waals surface area contributed by atoms with Crippen molar-refractivity contribution in [1.29, 1.82) is 0 Å². The summed E-state index contributed by atoms with van der Waals surface area (Å²) in [6.45, 7) is 0. The van der Waals surface area contributed by atoms with Gasteiger partial charge in [0.25, 0.3) is 0 Å². The summed E-state index contributed by atoms with van der Waals surface area (Å²) in [7, 11) is -3.56. The Hall–Kier alpha value is -3.24. The first-order chi connectivity index (χ1) is 22.6. The summed E-state index contributed by atoms with van der Waals surface area (Å²) in [4.78, 5) is 0. The summed E-state index contributed by atoms with van der Waals surface area (Å²) >= 11 is 12.7. The molecular formula is C44H48Cl2P2+2. The largest absolute Gasteiger partial charge is 0.0995 e. The van der Waals surface area contributed by atoms with Crippen molar-refractivity contribution in [2.45, 2.75) is 40.0 Å². The molecule has 0 bridgehead atoms. The maximum Gasteiger partial charge on any atom is 0.0995 e. The molecule has 48 heavy (non-hydrogen) atoms. The monoisotopic (exact) mass is 708 g/mol. The van der Waals surface area contributed by atoms with Crippen molar-refractivity contribution in [3.05, 3.63) is 191 Å². The van der Waals surface area contributed by atoms with Crippen LogP contribution in [0.15, 0.2) is 170 Å². The standard InChI is InChI=1S/C42H40Cl2P2.2CH4/c43-37-27-23-35(24-28-37)33-45(39-15-5-1-6-16-39,40-17-7-2-8-18-40)31-13-14-32-46(41-19-9-3-10-20-41,42-21-11-4-12-22-42)34-36-25-29-38(44)30-26-36;;/h1-12,15-30H,13-14,31-34H2;2*1H4/q+2;;. The SMILES string of the molecule is C.C.Clc1ccc(C[P+](CCCC[P+](Cc2ccc(Cl)cc2)(c2ccccc2)c2ccccc2)(c2ccccc2)c2ccccc2)cc1. The third-order valence-electron chi connectivity index (χ3n) is 9.06. The summed E-state index contributed by atoms with van der Waals surface area (Å²) in [6.07, 6.45) is 6.70. The lowest BCUT2D eigenvalue weighted by atomic mass is 10.2. The highest BCUT2D eigenvalue weighted by atomic mass is 35.5. The Morgan fingerprint density at radius 2 is 0.583 bits per heavy atom. The average Bonchev–Trinajstić information content (AvgIpc) is 3.12. The zero-order valence-electron chi connectivity index (χ0n) is 26.1. The molecule has 0 aliphatic heterocycles. The average molecular weight is 710 g/mol. The number of benzene rings is 6. The Kier molecular flexibility index (Phi) is 14.1. The molecule has 0 N–H and O–H groups in total. The molecule has 0 fully saturated rings. The van der Waals surface area contributed by atoms with Gasteiger partial charge in [-0.3, -0.25) is 0 Å². The van der Waals surface area contributed by atoms with Crippen LogP contribution >= 0.6 is 37.7 Å². The predicted octanol–water partition coefficient (Wildman–Crippen LogP) is 12.1. The molecule has 0 heterocycles. The molecule has 0 aliphatic rings. The fourth-order valence-electron chi connectivity index (χ4n) is 6.76. The lowest BCUT2D eigenvalue weighted by Crippen LogP contribution is -2.28. The number of unbranched alkanes of at least 4 members (excludes halogenated alkanes) is 1. The minimum Gasteiger partial charge on any atom is -0.0843 e. The van der Waals surface area contributed by atoms with Gasteiger partial charge in [-0.1, -0.05) is 135 Å². The summed E-state index contributed by atoms with van der Waals surface area (Å²) in [5.41, 5.74) is 2.70. The van der Waals surface area contributed by atoms with Gasteiger partial charge in [0.2, 0.25) is 0 Å². The molecule has 0 aromatic heterocycles. The highest BCUT2D eigenvalue weighted by molar-refractivity contribution is 7.89. The van der Waals surface area contributed by atoms with Crippen LogP contribution in [-0.4, -0.2) is 12.3 Å². The predicted molar refractivity (Wildman–Crippen MR) is 221 cm³/mol. The molecule has 0 amide bonds. The van der Waals surface area contributed by atoms with Crippen LogP contribution in [0.25, 0.3) is 0 Å². The van der Waals surface area contributed by atoms with E-state index in [0.29, 0.717) is 0 Å². The Bertz CT molecular complexity index is 1560. The van der Waals surface area contributed by atoms with Crippen LogP contribution in [0.5, 0.6) is 0 Å². The highest BCUT2D eigenvalue weighted by Crippen LogP contribution is 2.62. The lowest BCUT2D eigenvalue weighted by molar-refractivity contribution is 0.891. The second-order valence-corrected chi connectivity index (χ2v) is 20.3. The van der Waals surface area contributed by atoms with Gasteiger partial charge in [-0.25, -0.2) is 0 Å². The number of hydrogen-bond donors (Lipinski definition) is 0. The molecule has 6 aromatic rings. The third kappa shape index (κ3) is 8.86. The Labute approximate surface area is 300 Å². The van der Waals surface area contributed by atoms with Gasteiger partial charge in [-0.15, -0.1) is 0 Å². The fraction of sp³-hybridized carbons (Fsp3) is 0.182. The van der Waals surface area contributed by atoms with Crippen LogP contribution in [0, 0.1) is 0 Å². The molecule has 0 atom stereocenters. The molecular weight excluding hydrogens is 661 g/mol. The van der Waals surface area contributed by atoms with E-state index in [1.807, 2.05) is 24.3 Å². The Balaban J connectivity index is 0.00000260. The number of rotatable bonds is 13. The molecule has 0 saturated carbocycles. The molecule has 0 saturated heterocycles. The van der Waals surface area contributed by atoms with Crippen LogP contribution < -0.4 is 21.2 Å². The number of hydrogen-bond acceptors (Lipinski definition) is 0. The van der Waals surface area contributed by atoms with Crippen molar-refractivity contribution >= 4 is 58.9 Å². The zero-order valence-corrected chi connectivity index (χ0v) is 29.4. The summed E-state index contributed by atoms with van der Waals surface area (Å²) < 4.78 is 0. The first kappa shape index (κ1) is 37.6. The summed E-state index contributed by atoms with van der Waals surface area (Å²) in [5.74, 6) is 0. The van der Waals surface area contributed by atoms with E-state index in [1.165, 1.54) is 32.3 Å². The second-order valence-electron chi connectivity index (χ2n) is 12.0. The Morgan fingerprint density at radius 1 is 0.333 bits per heavy atom. The van der Waals surface area contributed by atoms with Crippen molar-refractivity contribution in [1.82, 2.24) is 0 Å². The minimum atomic E-state index is -1.78. The van der Waals surface area contributed by atoms with Crippen LogP contribution in [0.1, 0.15) is 38.8 Å². The van der Waals surface area contributed by atoms with Gasteiger partial charge in [-0.2, -0.15) is 0 Å². The first-order valence-electron chi connectivity index (χ1n) is 16.0. The molecule has 0 unspecified atom stereocenters. The minimum absolute atomic E-state index is 0. The topological polar surface area (TPSA) is 0 Å². The lowest BCUT2D eigenvalue weighted by Gasteiger charge is -2.30. The molecule has 0 aliphatic carbocycles. The van der Waals surface area contributed by atoms with Gasteiger partial charge in [0, 0.05) is 10.0 Å². The van der Waals surface area contributed by atoms with Gasteiger partial charge in [-0.05, 0) is 96.8 Å². The van der Waals surface area contributed by atoms with Gasteiger partial charge in [0.1, 0.15) is 0 Å². The van der Waals surface area contributed by atoms with Crippen molar-refractivity contribution in [2.75, 3.05) is 12.3 Å². The van der Waals surface area contributed by atoms with Crippen molar-refractivity contribution in [3.8, 4) is 0 Å². The quantitative estimate of drug-likeness (QED) is 0.0827. The molecule has 6 aromatic carbocycles. The van der Waals surface area contributed by atoms with Gasteiger partial charge >= 0.3 is 0 Å².